The first kappa shape index (κ1) is 25.3. The van der Waals surface area contributed by atoms with Crippen LogP contribution in [0, 0.1) is 5.92 Å². The minimum atomic E-state index is -4.65. The van der Waals surface area contributed by atoms with Crippen LogP contribution in [0.15, 0.2) is 54.6 Å². The highest BCUT2D eigenvalue weighted by Gasteiger charge is 2.44. The van der Waals surface area contributed by atoms with Gasteiger partial charge in [0.15, 0.2) is 0 Å². The van der Waals surface area contributed by atoms with Gasteiger partial charge in [-0.3, -0.25) is 10.2 Å². The van der Waals surface area contributed by atoms with E-state index in [1.165, 1.54) is 29.8 Å². The molecule has 1 aliphatic heterocycles. The first-order valence-electron chi connectivity index (χ1n) is 9.86. The van der Waals surface area contributed by atoms with E-state index in [0.29, 0.717) is 23.8 Å². The number of likely N-dealkylation sites (tertiary alicyclic amines) is 1. The van der Waals surface area contributed by atoms with Gasteiger partial charge >= 0.3 is 12.3 Å². The molecule has 3 rings (SSSR count). The summed E-state index contributed by atoms with van der Waals surface area (Å²) in [5.41, 5.74) is 1.49. The van der Waals surface area contributed by atoms with Crippen molar-refractivity contribution in [1.82, 2.24) is 4.90 Å². The number of hydrogen-bond donors (Lipinski definition) is 1. The van der Waals surface area contributed by atoms with Gasteiger partial charge in [0.05, 0.1) is 0 Å². The summed E-state index contributed by atoms with van der Waals surface area (Å²) in [6, 6.07) is 16.0. The van der Waals surface area contributed by atoms with Crippen molar-refractivity contribution < 1.29 is 22.7 Å². The van der Waals surface area contributed by atoms with Crippen LogP contribution >= 0.6 is 24.0 Å². The predicted octanol–water partition coefficient (Wildman–Crippen LogP) is 6.20. The zero-order valence-electron chi connectivity index (χ0n) is 16.8. The number of carbonyl (C=O) groups is 1. The number of rotatable bonds is 6. The highest BCUT2D eigenvalue weighted by Crippen LogP contribution is 2.27. The molecule has 0 aliphatic carbocycles. The molecule has 1 fully saturated rings. The van der Waals surface area contributed by atoms with E-state index >= 15 is 0 Å². The normalized spacial score (nSPS) is 18.0. The minimum Gasteiger partial charge on any atom is -0.435 e. The molecule has 0 radical (unpaired) electrons. The lowest BCUT2D eigenvalue weighted by atomic mass is 9.91. The Kier molecular flexibility index (Phi) is 9.47. The molecule has 0 bridgehead atoms. The zero-order valence-corrected chi connectivity index (χ0v) is 18.3. The molecule has 0 aromatic heterocycles. The van der Waals surface area contributed by atoms with Crippen molar-refractivity contribution in [2.24, 2.45) is 5.92 Å². The molecule has 1 heterocycles. The van der Waals surface area contributed by atoms with Crippen molar-refractivity contribution in [2.75, 3.05) is 25.0 Å². The van der Waals surface area contributed by atoms with E-state index in [4.69, 9.17) is 16.3 Å². The Bertz CT molecular complexity index is 820. The van der Waals surface area contributed by atoms with Crippen molar-refractivity contribution in [3.8, 4) is 0 Å². The average Bonchev–Trinajstić information content (AvgIpc) is 2.70. The molecule has 1 aliphatic rings. The Morgan fingerprint density at radius 3 is 2.48 bits per heavy atom. The maximum Gasteiger partial charge on any atom is 0.426 e. The monoisotopic (exact) mass is 476 g/mol. The van der Waals surface area contributed by atoms with Crippen LogP contribution in [-0.4, -0.2) is 42.9 Å². The number of amides is 1. The Morgan fingerprint density at radius 1 is 1.16 bits per heavy atom. The van der Waals surface area contributed by atoms with E-state index in [9.17, 15) is 18.0 Å². The summed E-state index contributed by atoms with van der Waals surface area (Å²) < 4.78 is 45.3. The molecule has 31 heavy (non-hydrogen) atoms. The number of carbonyl (C=O) groups excluding carboxylic acids is 1. The average molecular weight is 477 g/mol. The fraction of sp³-hybridized carbons (Fsp3) is 0.409. The Hall–Kier alpha value is -1.96. The van der Waals surface area contributed by atoms with E-state index in [1.54, 1.807) is 4.90 Å². The van der Waals surface area contributed by atoms with Crippen LogP contribution < -0.4 is 5.32 Å². The quantitative estimate of drug-likeness (QED) is 0.539. The van der Waals surface area contributed by atoms with Crippen LogP contribution in [-0.2, 0) is 11.2 Å². The Morgan fingerprint density at radius 2 is 1.84 bits per heavy atom. The number of anilines is 1. The van der Waals surface area contributed by atoms with Crippen LogP contribution in [0.4, 0.5) is 23.7 Å². The number of ether oxygens (including phenoxy) is 1. The van der Waals surface area contributed by atoms with Crippen molar-refractivity contribution in [3.63, 3.8) is 0 Å². The highest BCUT2D eigenvalue weighted by atomic mass is 35.5. The van der Waals surface area contributed by atoms with Crippen molar-refractivity contribution in [3.05, 3.63) is 65.2 Å². The van der Waals surface area contributed by atoms with Gasteiger partial charge in [-0.1, -0.05) is 41.9 Å². The number of piperidine rings is 1. The Labute approximate surface area is 191 Å². The van der Waals surface area contributed by atoms with E-state index in [-0.39, 0.29) is 24.9 Å². The molecule has 2 atom stereocenters. The summed E-state index contributed by atoms with van der Waals surface area (Å²) in [6.07, 6.45) is -5.37. The van der Waals surface area contributed by atoms with Gasteiger partial charge in [-0.2, -0.15) is 13.2 Å². The maximum atomic E-state index is 13.5. The number of alkyl halides is 3. The van der Waals surface area contributed by atoms with Gasteiger partial charge in [0.1, 0.15) is 0 Å². The molecule has 1 saturated heterocycles. The highest BCUT2D eigenvalue weighted by molar-refractivity contribution is 6.30. The van der Waals surface area contributed by atoms with Crippen molar-refractivity contribution in [2.45, 2.75) is 31.5 Å². The second-order valence-electron chi connectivity index (χ2n) is 7.53. The third-order valence-corrected chi connectivity index (χ3v) is 5.35. The lowest BCUT2D eigenvalue weighted by molar-refractivity contribution is -0.207. The zero-order chi connectivity index (χ0) is 21.6. The molecule has 4 nitrogen and oxygen atoms in total. The van der Waals surface area contributed by atoms with Crippen LogP contribution in [0.1, 0.15) is 18.4 Å². The molecular weight excluding hydrogens is 452 g/mol. The summed E-state index contributed by atoms with van der Waals surface area (Å²) in [5.74, 6) is 0.276. The minimum absolute atomic E-state index is 0. The van der Waals surface area contributed by atoms with E-state index in [1.807, 2.05) is 30.3 Å². The summed E-state index contributed by atoms with van der Waals surface area (Å²) >= 11 is 5.77. The number of hydrogen-bond acceptors (Lipinski definition) is 3. The molecule has 1 amide bonds. The molecular formula is C22H25Cl2F3N2O2. The van der Waals surface area contributed by atoms with Crippen molar-refractivity contribution >= 4 is 35.8 Å². The van der Waals surface area contributed by atoms with E-state index < -0.39 is 18.4 Å². The summed E-state index contributed by atoms with van der Waals surface area (Å²) in [4.78, 5) is 13.8. The van der Waals surface area contributed by atoms with Gasteiger partial charge in [-0.15, -0.1) is 12.4 Å². The third-order valence-electron chi connectivity index (χ3n) is 5.10. The van der Waals surface area contributed by atoms with E-state index in [0.717, 1.165) is 19.3 Å². The molecule has 2 unspecified atom stereocenters. The smallest absolute Gasteiger partial charge is 0.426 e. The number of nitrogens with zero attached hydrogens (tertiary/aromatic N) is 1. The van der Waals surface area contributed by atoms with Gasteiger partial charge in [-0.25, -0.2) is 4.79 Å². The summed E-state index contributed by atoms with van der Waals surface area (Å²) in [6.45, 7) is 0.729. The predicted molar refractivity (Wildman–Crippen MR) is 118 cm³/mol. The first-order chi connectivity index (χ1) is 14.3. The van der Waals surface area contributed by atoms with Crippen LogP contribution in [0.3, 0.4) is 0 Å². The molecule has 170 valence electrons. The lowest BCUT2D eigenvalue weighted by Crippen LogP contribution is -2.47. The van der Waals surface area contributed by atoms with Gasteiger partial charge < -0.3 is 4.74 Å². The summed E-state index contributed by atoms with van der Waals surface area (Å²) in [7, 11) is 0. The molecule has 2 aromatic rings. The molecule has 9 heteroatoms. The fourth-order valence-corrected chi connectivity index (χ4v) is 3.81. The lowest BCUT2D eigenvalue weighted by Gasteiger charge is -2.35. The molecule has 2 aromatic carbocycles. The third kappa shape index (κ3) is 8.24. The topological polar surface area (TPSA) is 41.6 Å². The van der Waals surface area contributed by atoms with Crippen molar-refractivity contribution in [1.29, 1.82) is 0 Å². The largest absolute Gasteiger partial charge is 0.435 e. The summed E-state index contributed by atoms with van der Waals surface area (Å²) in [5, 5.41) is 2.77. The van der Waals surface area contributed by atoms with Gasteiger partial charge in [0.25, 0.3) is 0 Å². The number of nitrogens with one attached hydrogen (secondary N) is 1. The molecule has 1 N–H and O–H groups in total. The standard InChI is InChI=1S/C22H24ClF3N2O2.ClH/c23-18-8-10-19(11-9-18)27-21(29)30-20(22(24,25)26)15-28-12-4-7-17(14-28)13-16-5-2-1-3-6-16;/h1-3,5-6,8-11,17,20H,4,7,12-15H2,(H,27,29);1H. The second-order valence-corrected chi connectivity index (χ2v) is 7.96. The first-order valence-corrected chi connectivity index (χ1v) is 10.2. The van der Waals surface area contributed by atoms with Gasteiger partial charge in [0, 0.05) is 23.8 Å². The molecule has 0 spiro atoms. The van der Waals surface area contributed by atoms with E-state index in [2.05, 4.69) is 5.32 Å². The van der Waals surface area contributed by atoms with Gasteiger partial charge in [0.2, 0.25) is 6.10 Å². The molecule has 0 saturated carbocycles. The van der Waals surface area contributed by atoms with Gasteiger partial charge in [-0.05, 0) is 61.6 Å². The fourth-order valence-electron chi connectivity index (χ4n) is 3.68. The van der Waals surface area contributed by atoms with Crippen LogP contribution in [0.5, 0.6) is 0 Å². The number of benzene rings is 2. The maximum absolute atomic E-state index is 13.5. The van der Waals surface area contributed by atoms with Crippen LogP contribution in [0.2, 0.25) is 5.02 Å². The SMILES string of the molecule is Cl.O=C(Nc1ccc(Cl)cc1)OC(CN1CCCC(Cc2ccccc2)C1)C(F)(F)F. The second kappa shape index (κ2) is 11.6. The number of halogens is 5. The Balaban J connectivity index is 0.00000341. The van der Waals surface area contributed by atoms with Crippen LogP contribution in [0.25, 0.3) is 0 Å².